The molecule has 1 fully saturated rings. The number of hydrogen-bond donors (Lipinski definition) is 0. The second-order valence-electron chi connectivity index (χ2n) is 7.21. The molecule has 0 aliphatic carbocycles. The second kappa shape index (κ2) is 7.79. The third-order valence-electron chi connectivity index (χ3n) is 5.66. The summed E-state index contributed by atoms with van der Waals surface area (Å²) >= 11 is 7.62. The Kier molecular flexibility index (Phi) is 5.34. The fraction of sp³-hybridized carbons (Fsp3) is 0.333. The maximum absolute atomic E-state index is 13.2. The van der Waals surface area contributed by atoms with E-state index >= 15 is 0 Å². The van der Waals surface area contributed by atoms with E-state index in [0.29, 0.717) is 23.1 Å². The lowest BCUT2D eigenvalue weighted by Crippen LogP contribution is -2.48. The van der Waals surface area contributed by atoms with Crippen LogP contribution < -0.4 is 10.5 Å². The lowest BCUT2D eigenvalue weighted by atomic mass is 10.1. The summed E-state index contributed by atoms with van der Waals surface area (Å²) in [7, 11) is 1.67. The number of anilines is 1. The molecule has 0 amide bonds. The molecule has 8 heteroatoms. The van der Waals surface area contributed by atoms with Gasteiger partial charge in [0.15, 0.2) is 0 Å². The lowest BCUT2D eigenvalue weighted by Gasteiger charge is -2.39. The largest absolute Gasteiger partial charge is 0.367 e. The molecule has 1 aromatic carbocycles. The fourth-order valence-corrected chi connectivity index (χ4v) is 5.28. The third kappa shape index (κ3) is 3.52. The number of fused-ring (bicyclic) bond motifs is 1. The van der Waals surface area contributed by atoms with Crippen LogP contribution in [0.1, 0.15) is 24.1 Å². The normalized spacial score (nSPS) is 16.2. The maximum Gasteiger partial charge on any atom is 0.270 e. The molecule has 3 heterocycles. The monoisotopic (exact) mass is 430 g/mol. The van der Waals surface area contributed by atoms with Gasteiger partial charge in [-0.2, -0.15) is 5.26 Å². The molecule has 0 saturated carbocycles. The summed E-state index contributed by atoms with van der Waals surface area (Å²) in [5.41, 5.74) is 2.38. The maximum atomic E-state index is 13.2. The summed E-state index contributed by atoms with van der Waals surface area (Å²) in [6.45, 7) is 5.05. The van der Waals surface area contributed by atoms with Gasteiger partial charge in [-0.05, 0) is 30.7 Å². The van der Waals surface area contributed by atoms with Crippen molar-refractivity contribution in [3.05, 3.63) is 62.0 Å². The summed E-state index contributed by atoms with van der Waals surface area (Å²) in [5.74, 6) is -0.237. The van der Waals surface area contributed by atoms with E-state index < -0.39 is 0 Å². The first-order chi connectivity index (χ1) is 13.9. The van der Waals surface area contributed by atoms with Crippen molar-refractivity contribution in [2.24, 2.45) is 7.05 Å². The highest BCUT2D eigenvalue weighted by molar-refractivity contribution is 7.23. The van der Waals surface area contributed by atoms with Crippen LogP contribution in [-0.2, 0) is 7.05 Å². The third-order valence-corrected chi connectivity index (χ3v) is 6.92. The van der Waals surface area contributed by atoms with E-state index in [1.54, 1.807) is 13.1 Å². The van der Waals surface area contributed by atoms with E-state index in [-0.39, 0.29) is 23.0 Å². The Morgan fingerprint density at radius 2 is 1.86 bits per heavy atom. The number of hydrogen-bond acceptors (Lipinski definition) is 5. The van der Waals surface area contributed by atoms with E-state index in [9.17, 15) is 14.4 Å². The Morgan fingerprint density at radius 3 is 2.48 bits per heavy atom. The van der Waals surface area contributed by atoms with Crippen molar-refractivity contribution in [3.8, 4) is 6.07 Å². The fourth-order valence-electron chi connectivity index (χ4n) is 3.95. The minimum atomic E-state index is -0.299. The zero-order valence-corrected chi connectivity index (χ0v) is 17.7. The molecular weight excluding hydrogens is 411 g/mol. The van der Waals surface area contributed by atoms with Gasteiger partial charge < -0.3 is 9.47 Å². The molecule has 5 nitrogen and oxygen atoms in total. The van der Waals surface area contributed by atoms with Gasteiger partial charge >= 0.3 is 0 Å². The van der Waals surface area contributed by atoms with Gasteiger partial charge in [0, 0.05) is 39.3 Å². The highest BCUT2D eigenvalue weighted by Crippen LogP contribution is 2.38. The lowest BCUT2D eigenvalue weighted by molar-refractivity contribution is 0.198. The molecule has 1 aliphatic rings. The summed E-state index contributed by atoms with van der Waals surface area (Å²) in [4.78, 5) is 17.1. The Morgan fingerprint density at radius 1 is 1.21 bits per heavy atom. The number of benzene rings is 1. The van der Waals surface area contributed by atoms with Crippen LogP contribution in [-0.4, -0.2) is 35.6 Å². The zero-order valence-electron chi connectivity index (χ0n) is 16.2. The van der Waals surface area contributed by atoms with Gasteiger partial charge in [-0.25, -0.2) is 4.39 Å². The number of nitriles is 1. The van der Waals surface area contributed by atoms with Gasteiger partial charge in [0.05, 0.1) is 20.2 Å². The van der Waals surface area contributed by atoms with Crippen LogP contribution in [0.3, 0.4) is 0 Å². The van der Waals surface area contributed by atoms with Gasteiger partial charge in [0.1, 0.15) is 17.4 Å². The number of aryl methyl sites for hydroxylation is 1. The first kappa shape index (κ1) is 19.9. The highest BCUT2D eigenvalue weighted by atomic mass is 35.5. The molecular formula is C21H20ClFN4OS. The number of aromatic nitrogens is 1. The summed E-state index contributed by atoms with van der Waals surface area (Å²) in [6, 6.07) is 10.7. The number of nitrogens with zero attached hydrogens (tertiary/aromatic N) is 4. The second-order valence-corrected chi connectivity index (χ2v) is 8.90. The van der Waals surface area contributed by atoms with Crippen molar-refractivity contribution in [3.63, 3.8) is 0 Å². The first-order valence-corrected chi connectivity index (χ1v) is 10.6. The molecule has 150 valence electrons. The van der Waals surface area contributed by atoms with Crippen molar-refractivity contribution >= 4 is 38.8 Å². The topological polar surface area (TPSA) is 52.3 Å². The number of thiophene rings is 1. The van der Waals surface area contributed by atoms with Gasteiger partial charge in [-0.3, -0.25) is 9.69 Å². The minimum Gasteiger partial charge on any atom is -0.367 e. The van der Waals surface area contributed by atoms with Crippen LogP contribution in [0.15, 0.2) is 35.1 Å². The Hall–Kier alpha value is -2.40. The van der Waals surface area contributed by atoms with Gasteiger partial charge in [0.2, 0.25) is 0 Å². The van der Waals surface area contributed by atoms with Gasteiger partial charge in [-0.15, -0.1) is 11.3 Å². The first-order valence-electron chi connectivity index (χ1n) is 9.37. The summed E-state index contributed by atoms with van der Waals surface area (Å²) in [6.07, 6.45) is 0. The number of rotatable bonds is 3. The van der Waals surface area contributed by atoms with Crippen molar-refractivity contribution in [2.75, 3.05) is 31.1 Å². The molecule has 0 radical (unpaired) electrons. The Bertz CT molecular complexity index is 1160. The highest BCUT2D eigenvalue weighted by Gasteiger charge is 2.27. The van der Waals surface area contributed by atoms with Crippen molar-refractivity contribution in [2.45, 2.75) is 13.0 Å². The van der Waals surface area contributed by atoms with Crippen molar-refractivity contribution in [1.82, 2.24) is 9.47 Å². The van der Waals surface area contributed by atoms with E-state index in [0.717, 1.165) is 28.9 Å². The SMILES string of the molecule is CC(c1ccc(F)cc1)N1CCN(c2c(C#N)c(=O)n(C)c3cc(Cl)sc23)CC1. The van der Waals surface area contributed by atoms with Crippen molar-refractivity contribution in [1.29, 1.82) is 5.26 Å². The zero-order chi connectivity index (χ0) is 20.7. The molecule has 1 saturated heterocycles. The van der Waals surface area contributed by atoms with E-state index in [1.807, 2.05) is 12.1 Å². The molecule has 2 aromatic heterocycles. The Balaban J connectivity index is 1.63. The molecule has 0 spiro atoms. The standard InChI is InChI=1S/C21H20ClFN4OS/c1-13(14-3-5-15(23)6-4-14)26-7-9-27(10-8-26)19-16(12-24)21(28)25(2)17-11-18(22)29-20(17)19/h3-6,11,13H,7-10H2,1-2H3. The molecule has 0 bridgehead atoms. The molecule has 29 heavy (non-hydrogen) atoms. The number of pyridine rings is 1. The van der Waals surface area contributed by atoms with Gasteiger partial charge in [-0.1, -0.05) is 23.7 Å². The smallest absolute Gasteiger partial charge is 0.270 e. The van der Waals surface area contributed by atoms with E-state index in [1.165, 1.54) is 28.0 Å². The average molecular weight is 431 g/mol. The predicted octanol–water partition coefficient (Wildman–Crippen LogP) is 4.15. The van der Waals surface area contributed by atoms with Crippen LogP contribution in [0.2, 0.25) is 4.34 Å². The van der Waals surface area contributed by atoms with Crippen LogP contribution in [0.25, 0.3) is 10.2 Å². The average Bonchev–Trinajstić information content (AvgIpc) is 3.12. The quantitative estimate of drug-likeness (QED) is 0.626. The molecule has 1 atom stereocenters. The molecule has 3 aromatic rings. The van der Waals surface area contributed by atoms with E-state index in [4.69, 9.17) is 11.6 Å². The summed E-state index contributed by atoms with van der Waals surface area (Å²) in [5, 5.41) is 9.67. The van der Waals surface area contributed by atoms with Crippen LogP contribution in [0, 0.1) is 17.1 Å². The van der Waals surface area contributed by atoms with Crippen molar-refractivity contribution < 1.29 is 4.39 Å². The Labute approximate surface area is 177 Å². The minimum absolute atomic E-state index is 0.160. The predicted molar refractivity (Wildman–Crippen MR) is 115 cm³/mol. The number of piperazine rings is 1. The van der Waals surface area contributed by atoms with Crippen LogP contribution in [0.5, 0.6) is 0 Å². The van der Waals surface area contributed by atoms with Crippen LogP contribution in [0.4, 0.5) is 10.1 Å². The molecule has 1 aliphatic heterocycles. The summed E-state index contributed by atoms with van der Waals surface area (Å²) < 4.78 is 16.2. The molecule has 0 N–H and O–H groups in total. The van der Waals surface area contributed by atoms with Crippen LogP contribution >= 0.6 is 22.9 Å². The molecule has 1 unspecified atom stereocenters. The number of halogens is 2. The van der Waals surface area contributed by atoms with Gasteiger partial charge in [0.25, 0.3) is 5.56 Å². The van der Waals surface area contributed by atoms with E-state index in [2.05, 4.69) is 22.8 Å². The molecule has 4 rings (SSSR count).